The maximum absolute atomic E-state index is 11.8. The van der Waals surface area contributed by atoms with E-state index < -0.39 is 0 Å². The second-order valence-electron chi connectivity index (χ2n) is 6.98. The Morgan fingerprint density at radius 1 is 1.29 bits per heavy atom. The minimum atomic E-state index is 0.0671. The number of rotatable bonds is 6. The molecule has 1 saturated heterocycles. The number of hydrogen-bond donors (Lipinski definition) is 1. The Kier molecular flexibility index (Phi) is 5.19. The minimum Gasteiger partial charge on any atom is -0.326 e. The summed E-state index contributed by atoms with van der Waals surface area (Å²) in [6, 6.07) is 6.43. The number of hydrogen-bond acceptors (Lipinski definition) is 3. The smallest absolute Gasteiger partial charge is 0.224 e. The summed E-state index contributed by atoms with van der Waals surface area (Å²) < 4.78 is 2.32. The lowest BCUT2D eigenvalue weighted by molar-refractivity contribution is -0.116. The predicted octanol–water partition coefficient (Wildman–Crippen LogP) is 3.95. The third kappa shape index (κ3) is 3.61. The zero-order valence-electron chi connectivity index (χ0n) is 15.0. The highest BCUT2D eigenvalue weighted by Gasteiger charge is 2.19. The van der Waals surface area contributed by atoms with E-state index in [0.717, 1.165) is 35.5 Å². The normalized spacial score (nSPS) is 15.5. The van der Waals surface area contributed by atoms with Crippen molar-refractivity contribution >= 4 is 22.6 Å². The van der Waals surface area contributed by atoms with Crippen molar-refractivity contribution in [2.45, 2.75) is 59.0 Å². The van der Waals surface area contributed by atoms with Crippen molar-refractivity contribution < 1.29 is 4.79 Å². The van der Waals surface area contributed by atoms with Gasteiger partial charge >= 0.3 is 0 Å². The van der Waals surface area contributed by atoms with Crippen LogP contribution in [-0.4, -0.2) is 33.4 Å². The van der Waals surface area contributed by atoms with Crippen molar-refractivity contribution in [2.24, 2.45) is 0 Å². The molecule has 0 aliphatic carbocycles. The Morgan fingerprint density at radius 2 is 2.04 bits per heavy atom. The van der Waals surface area contributed by atoms with E-state index in [4.69, 9.17) is 4.98 Å². The largest absolute Gasteiger partial charge is 0.326 e. The summed E-state index contributed by atoms with van der Waals surface area (Å²) in [4.78, 5) is 19.2. The Morgan fingerprint density at radius 3 is 2.71 bits per heavy atom. The molecule has 5 heteroatoms. The van der Waals surface area contributed by atoms with Gasteiger partial charge in [0, 0.05) is 18.2 Å². The molecule has 1 fully saturated rings. The molecule has 0 bridgehead atoms. The Bertz CT molecular complexity index is 713. The molecule has 0 saturated carbocycles. The molecule has 1 aromatic carbocycles. The molecule has 1 aliphatic rings. The summed E-state index contributed by atoms with van der Waals surface area (Å²) in [6.07, 6.45) is 3.99. The van der Waals surface area contributed by atoms with Gasteiger partial charge < -0.3 is 9.88 Å². The average Bonchev–Trinajstić information content (AvgIpc) is 3.14. The number of likely N-dealkylation sites (tertiary alicyclic amines) is 1. The molecule has 0 unspecified atom stereocenters. The van der Waals surface area contributed by atoms with Gasteiger partial charge in [0.15, 0.2) is 0 Å². The second kappa shape index (κ2) is 7.34. The van der Waals surface area contributed by atoms with Crippen LogP contribution in [0, 0.1) is 0 Å². The number of nitrogens with one attached hydrogen (secondary N) is 1. The number of fused-ring (bicyclic) bond motifs is 1. The van der Waals surface area contributed by atoms with Crippen LogP contribution in [0.1, 0.15) is 58.3 Å². The molecule has 0 spiro atoms. The van der Waals surface area contributed by atoms with Gasteiger partial charge in [0.25, 0.3) is 0 Å². The fraction of sp³-hybridized carbons (Fsp3) is 0.579. The van der Waals surface area contributed by atoms with Gasteiger partial charge in [-0.25, -0.2) is 4.98 Å². The molecular weight excluding hydrogens is 300 g/mol. The van der Waals surface area contributed by atoms with E-state index in [9.17, 15) is 4.79 Å². The standard InChI is InChI=1S/C19H28N4O/c1-4-7-19(24)20-15-8-9-17-16(12-15)21-18(23(17)14(2)3)13-22-10-5-6-11-22/h8-9,12,14H,4-7,10-11,13H2,1-3H3,(H,20,24). The fourth-order valence-corrected chi connectivity index (χ4v) is 3.51. The van der Waals surface area contributed by atoms with Crippen LogP contribution >= 0.6 is 0 Å². The number of aromatic nitrogens is 2. The molecule has 1 amide bonds. The zero-order chi connectivity index (χ0) is 17.1. The van der Waals surface area contributed by atoms with Crippen LogP contribution in [0.2, 0.25) is 0 Å². The molecule has 3 rings (SSSR count). The van der Waals surface area contributed by atoms with Crippen LogP contribution in [0.3, 0.4) is 0 Å². The van der Waals surface area contributed by atoms with Gasteiger partial charge in [-0.15, -0.1) is 0 Å². The van der Waals surface area contributed by atoms with E-state index in [1.165, 1.54) is 25.9 Å². The van der Waals surface area contributed by atoms with Crippen molar-refractivity contribution in [3.8, 4) is 0 Å². The SMILES string of the molecule is CCCC(=O)Nc1ccc2c(c1)nc(CN1CCCC1)n2C(C)C. The zero-order valence-corrected chi connectivity index (χ0v) is 15.0. The molecule has 130 valence electrons. The highest BCUT2D eigenvalue weighted by molar-refractivity contribution is 5.93. The van der Waals surface area contributed by atoms with Crippen molar-refractivity contribution in [3.63, 3.8) is 0 Å². The molecule has 0 radical (unpaired) electrons. The number of carbonyl (C=O) groups excluding carboxylic acids is 1. The number of benzene rings is 1. The third-order valence-corrected chi connectivity index (χ3v) is 4.60. The van der Waals surface area contributed by atoms with Crippen molar-refractivity contribution in [3.05, 3.63) is 24.0 Å². The lowest BCUT2D eigenvalue weighted by atomic mass is 10.2. The lowest BCUT2D eigenvalue weighted by Gasteiger charge is -2.18. The molecule has 2 heterocycles. The first kappa shape index (κ1) is 17.0. The van der Waals surface area contributed by atoms with E-state index in [-0.39, 0.29) is 5.91 Å². The van der Waals surface area contributed by atoms with Crippen molar-refractivity contribution in [2.75, 3.05) is 18.4 Å². The molecule has 24 heavy (non-hydrogen) atoms. The summed E-state index contributed by atoms with van der Waals surface area (Å²) in [6.45, 7) is 9.65. The summed E-state index contributed by atoms with van der Waals surface area (Å²) in [7, 11) is 0. The number of carbonyl (C=O) groups is 1. The van der Waals surface area contributed by atoms with Gasteiger partial charge in [-0.1, -0.05) is 6.92 Å². The fourth-order valence-electron chi connectivity index (χ4n) is 3.51. The number of imidazole rings is 1. The van der Waals surface area contributed by atoms with Gasteiger partial charge in [-0.05, 0) is 64.4 Å². The predicted molar refractivity (Wildman–Crippen MR) is 98.2 cm³/mol. The molecule has 1 N–H and O–H groups in total. The summed E-state index contributed by atoms with van der Waals surface area (Å²) in [5, 5.41) is 2.97. The summed E-state index contributed by atoms with van der Waals surface area (Å²) in [5.74, 6) is 1.19. The molecule has 1 aliphatic heterocycles. The van der Waals surface area contributed by atoms with Crippen LogP contribution in [0.5, 0.6) is 0 Å². The first-order valence-electron chi connectivity index (χ1n) is 9.11. The van der Waals surface area contributed by atoms with Crippen LogP contribution in [0.15, 0.2) is 18.2 Å². The average molecular weight is 328 g/mol. The summed E-state index contributed by atoms with van der Waals surface area (Å²) >= 11 is 0. The van der Waals surface area contributed by atoms with Gasteiger partial charge in [0.05, 0.1) is 17.6 Å². The molecule has 5 nitrogen and oxygen atoms in total. The number of nitrogens with zero attached hydrogens (tertiary/aromatic N) is 3. The summed E-state index contributed by atoms with van der Waals surface area (Å²) in [5.41, 5.74) is 2.95. The van der Waals surface area contributed by atoms with E-state index in [2.05, 4.69) is 34.7 Å². The Labute approximate surface area is 144 Å². The van der Waals surface area contributed by atoms with Gasteiger partial charge in [-0.2, -0.15) is 0 Å². The minimum absolute atomic E-state index is 0.0671. The van der Waals surface area contributed by atoms with E-state index in [1.54, 1.807) is 0 Å². The van der Waals surface area contributed by atoms with Crippen LogP contribution < -0.4 is 5.32 Å². The first-order chi connectivity index (χ1) is 11.6. The topological polar surface area (TPSA) is 50.2 Å². The molecule has 0 atom stereocenters. The van der Waals surface area contributed by atoms with Gasteiger partial charge in [0.2, 0.25) is 5.91 Å². The molecule has 2 aromatic rings. The van der Waals surface area contributed by atoms with Crippen LogP contribution in [0.25, 0.3) is 11.0 Å². The van der Waals surface area contributed by atoms with Gasteiger partial charge in [-0.3, -0.25) is 9.69 Å². The van der Waals surface area contributed by atoms with E-state index in [0.29, 0.717) is 12.5 Å². The van der Waals surface area contributed by atoms with E-state index in [1.807, 2.05) is 19.1 Å². The number of anilines is 1. The van der Waals surface area contributed by atoms with Crippen LogP contribution in [0.4, 0.5) is 5.69 Å². The quantitative estimate of drug-likeness (QED) is 0.873. The van der Waals surface area contributed by atoms with Gasteiger partial charge in [0.1, 0.15) is 5.82 Å². The molecule has 1 aromatic heterocycles. The Hall–Kier alpha value is -1.88. The third-order valence-electron chi connectivity index (χ3n) is 4.60. The molecular formula is C19H28N4O. The van der Waals surface area contributed by atoms with Crippen LogP contribution in [-0.2, 0) is 11.3 Å². The monoisotopic (exact) mass is 328 g/mol. The number of amides is 1. The lowest BCUT2D eigenvalue weighted by Crippen LogP contribution is -2.21. The maximum atomic E-state index is 11.8. The highest BCUT2D eigenvalue weighted by atomic mass is 16.1. The first-order valence-corrected chi connectivity index (χ1v) is 9.11. The second-order valence-corrected chi connectivity index (χ2v) is 6.98. The maximum Gasteiger partial charge on any atom is 0.224 e. The Balaban J connectivity index is 1.90. The van der Waals surface area contributed by atoms with E-state index >= 15 is 0 Å². The highest BCUT2D eigenvalue weighted by Crippen LogP contribution is 2.25. The van der Waals surface area contributed by atoms with Crippen molar-refractivity contribution in [1.29, 1.82) is 0 Å². The van der Waals surface area contributed by atoms with Crippen molar-refractivity contribution in [1.82, 2.24) is 14.5 Å².